The molecule has 2 aliphatic heterocycles. The Morgan fingerprint density at radius 3 is 2.59 bits per heavy atom. The molecule has 0 saturated carbocycles. The predicted octanol–water partition coefficient (Wildman–Crippen LogP) is 3.76. The molecule has 29 heavy (non-hydrogen) atoms. The number of hydrogen-bond acceptors (Lipinski definition) is 5. The van der Waals surface area contributed by atoms with Crippen molar-refractivity contribution < 1.29 is 9.59 Å². The number of anilines is 3. The minimum absolute atomic E-state index is 0.208. The number of rotatable bonds is 5. The van der Waals surface area contributed by atoms with E-state index in [1.54, 1.807) is 36.0 Å². The molecule has 1 atom stereocenters. The highest BCUT2D eigenvalue weighted by atomic mass is 35.5. The molecule has 3 amide bonds. The second-order valence-corrected chi connectivity index (χ2v) is 8.55. The number of likely N-dealkylation sites (tertiary alicyclic amines) is 1. The van der Waals surface area contributed by atoms with Crippen LogP contribution in [0.25, 0.3) is 0 Å². The molecule has 2 heterocycles. The SMILES string of the molecule is NC1Sc2ccc(NC(=O)Nc3ccc(Cl)cc3)cc2N1CCN1CCCC1=O. The summed E-state index contributed by atoms with van der Waals surface area (Å²) in [5.74, 6) is 0.208. The van der Waals surface area contributed by atoms with Crippen LogP contribution >= 0.6 is 23.4 Å². The molecule has 4 rings (SSSR count). The lowest BCUT2D eigenvalue weighted by Gasteiger charge is -2.26. The third kappa shape index (κ3) is 4.60. The van der Waals surface area contributed by atoms with Crippen molar-refractivity contribution in [2.75, 3.05) is 35.2 Å². The van der Waals surface area contributed by atoms with Crippen LogP contribution in [0, 0.1) is 0 Å². The Balaban J connectivity index is 1.41. The number of carbonyl (C=O) groups is 2. The van der Waals surface area contributed by atoms with Crippen LogP contribution in [-0.2, 0) is 4.79 Å². The number of hydrogen-bond donors (Lipinski definition) is 3. The summed E-state index contributed by atoms with van der Waals surface area (Å²) in [7, 11) is 0. The maximum absolute atomic E-state index is 12.3. The van der Waals surface area contributed by atoms with Crippen LogP contribution in [0.1, 0.15) is 12.8 Å². The summed E-state index contributed by atoms with van der Waals surface area (Å²) in [6, 6.07) is 12.3. The van der Waals surface area contributed by atoms with E-state index in [2.05, 4.69) is 15.5 Å². The summed E-state index contributed by atoms with van der Waals surface area (Å²) in [5.41, 5.74) is 8.38. The Morgan fingerprint density at radius 2 is 1.86 bits per heavy atom. The Bertz CT molecular complexity index is 924. The van der Waals surface area contributed by atoms with Crippen LogP contribution in [-0.4, -0.2) is 42.0 Å². The fourth-order valence-corrected chi connectivity index (χ4v) is 4.67. The van der Waals surface area contributed by atoms with Gasteiger partial charge in [-0.2, -0.15) is 0 Å². The summed E-state index contributed by atoms with van der Waals surface area (Å²) >= 11 is 7.44. The molecule has 0 aromatic heterocycles. The molecule has 4 N–H and O–H groups in total. The lowest BCUT2D eigenvalue weighted by molar-refractivity contribution is -0.127. The number of nitrogens with one attached hydrogen (secondary N) is 2. The fourth-order valence-electron chi connectivity index (χ4n) is 3.49. The van der Waals surface area contributed by atoms with Gasteiger partial charge in [-0.05, 0) is 48.9 Å². The minimum atomic E-state index is -0.337. The molecule has 9 heteroatoms. The van der Waals surface area contributed by atoms with Crippen molar-refractivity contribution in [3.05, 3.63) is 47.5 Å². The van der Waals surface area contributed by atoms with Crippen LogP contribution in [0.4, 0.5) is 21.9 Å². The first kappa shape index (κ1) is 19.9. The van der Waals surface area contributed by atoms with Crippen molar-refractivity contribution >= 4 is 52.4 Å². The maximum atomic E-state index is 12.3. The Labute approximate surface area is 178 Å². The number of nitrogens with two attached hydrogens (primary N) is 1. The van der Waals surface area contributed by atoms with Crippen LogP contribution in [0.2, 0.25) is 5.02 Å². The average molecular weight is 432 g/mol. The first-order valence-electron chi connectivity index (χ1n) is 9.44. The summed E-state index contributed by atoms with van der Waals surface area (Å²) < 4.78 is 0. The van der Waals surface area contributed by atoms with Gasteiger partial charge >= 0.3 is 6.03 Å². The van der Waals surface area contributed by atoms with Crippen LogP contribution < -0.4 is 21.3 Å². The van der Waals surface area contributed by atoms with E-state index in [4.69, 9.17) is 17.3 Å². The molecule has 7 nitrogen and oxygen atoms in total. The van der Waals surface area contributed by atoms with Crippen molar-refractivity contribution in [2.24, 2.45) is 5.73 Å². The van der Waals surface area contributed by atoms with Crippen molar-refractivity contribution in [2.45, 2.75) is 23.2 Å². The molecule has 0 bridgehead atoms. The largest absolute Gasteiger partial charge is 0.344 e. The zero-order chi connectivity index (χ0) is 20.4. The molecule has 2 aromatic rings. The second-order valence-electron chi connectivity index (χ2n) is 6.95. The number of halogens is 1. The number of fused-ring (bicyclic) bond motifs is 1. The normalized spacial score (nSPS) is 18.1. The van der Waals surface area contributed by atoms with Gasteiger partial charge in [-0.1, -0.05) is 23.4 Å². The van der Waals surface area contributed by atoms with E-state index in [-0.39, 0.29) is 17.4 Å². The summed E-state index contributed by atoms with van der Waals surface area (Å²) in [6.07, 6.45) is 1.56. The Hall–Kier alpha value is -2.42. The quantitative estimate of drug-likeness (QED) is 0.670. The van der Waals surface area contributed by atoms with Gasteiger partial charge < -0.3 is 26.2 Å². The molecule has 0 radical (unpaired) electrons. The topological polar surface area (TPSA) is 90.7 Å². The van der Waals surface area contributed by atoms with Crippen LogP contribution in [0.15, 0.2) is 47.4 Å². The molecule has 2 aromatic carbocycles. The van der Waals surface area contributed by atoms with E-state index in [9.17, 15) is 9.59 Å². The Morgan fingerprint density at radius 1 is 1.14 bits per heavy atom. The van der Waals surface area contributed by atoms with Gasteiger partial charge in [0.15, 0.2) is 0 Å². The van der Waals surface area contributed by atoms with Crippen molar-refractivity contribution in [1.29, 1.82) is 0 Å². The van der Waals surface area contributed by atoms with E-state index in [0.29, 0.717) is 35.9 Å². The third-order valence-corrected chi connectivity index (χ3v) is 6.31. The van der Waals surface area contributed by atoms with E-state index in [1.807, 2.05) is 23.1 Å². The zero-order valence-electron chi connectivity index (χ0n) is 15.7. The highest BCUT2D eigenvalue weighted by molar-refractivity contribution is 8.00. The summed E-state index contributed by atoms with van der Waals surface area (Å²) in [4.78, 5) is 29.2. The van der Waals surface area contributed by atoms with Gasteiger partial charge in [0.25, 0.3) is 0 Å². The molecule has 0 aliphatic carbocycles. The van der Waals surface area contributed by atoms with Crippen LogP contribution in [0.5, 0.6) is 0 Å². The molecule has 1 fully saturated rings. The van der Waals surface area contributed by atoms with Crippen molar-refractivity contribution in [3.63, 3.8) is 0 Å². The van der Waals surface area contributed by atoms with Crippen molar-refractivity contribution in [1.82, 2.24) is 4.90 Å². The maximum Gasteiger partial charge on any atom is 0.323 e. The smallest absolute Gasteiger partial charge is 0.323 e. The molecule has 2 aliphatic rings. The van der Waals surface area contributed by atoms with Gasteiger partial charge in [0.05, 0.1) is 5.69 Å². The highest BCUT2D eigenvalue weighted by Gasteiger charge is 2.29. The lowest BCUT2D eigenvalue weighted by atomic mass is 10.2. The van der Waals surface area contributed by atoms with Gasteiger partial charge in [0, 0.05) is 47.3 Å². The first-order valence-corrected chi connectivity index (χ1v) is 10.7. The monoisotopic (exact) mass is 431 g/mol. The van der Waals surface area contributed by atoms with Crippen LogP contribution in [0.3, 0.4) is 0 Å². The van der Waals surface area contributed by atoms with E-state index in [0.717, 1.165) is 23.5 Å². The molecular weight excluding hydrogens is 410 g/mol. The average Bonchev–Trinajstić information content (AvgIpc) is 3.24. The third-order valence-electron chi connectivity index (χ3n) is 4.97. The number of carbonyl (C=O) groups excluding carboxylic acids is 2. The summed E-state index contributed by atoms with van der Waals surface area (Å²) in [5, 5.41) is 6.24. The molecule has 152 valence electrons. The lowest BCUT2D eigenvalue weighted by Crippen LogP contribution is -2.42. The minimum Gasteiger partial charge on any atom is -0.344 e. The summed E-state index contributed by atoms with van der Waals surface area (Å²) in [6.45, 7) is 2.13. The first-order chi connectivity index (χ1) is 14.0. The van der Waals surface area contributed by atoms with Gasteiger partial charge in [-0.25, -0.2) is 4.79 Å². The predicted molar refractivity (Wildman–Crippen MR) is 118 cm³/mol. The van der Waals surface area contributed by atoms with Gasteiger partial charge in [-0.15, -0.1) is 0 Å². The number of thioether (sulfide) groups is 1. The Kier molecular flexibility index (Phi) is 5.84. The number of amides is 3. The number of nitrogens with zero attached hydrogens (tertiary/aromatic N) is 2. The fraction of sp³-hybridized carbons (Fsp3) is 0.300. The molecule has 0 spiro atoms. The molecular formula is C20H22ClN5O2S. The number of urea groups is 1. The van der Waals surface area contributed by atoms with E-state index in [1.165, 1.54) is 0 Å². The van der Waals surface area contributed by atoms with Gasteiger partial charge in [0.1, 0.15) is 5.50 Å². The molecule has 1 saturated heterocycles. The zero-order valence-corrected chi connectivity index (χ0v) is 17.3. The molecule has 1 unspecified atom stereocenters. The standard InChI is InChI=1S/C20H22ClN5O2S/c21-13-3-5-14(6-4-13)23-20(28)24-15-7-8-17-16(12-15)26(19(22)29-17)11-10-25-9-1-2-18(25)27/h3-8,12,19H,1-2,9-11,22H2,(H2,23,24,28). The van der Waals surface area contributed by atoms with E-state index >= 15 is 0 Å². The highest BCUT2D eigenvalue weighted by Crippen LogP contribution is 2.42. The second kappa shape index (κ2) is 8.52. The van der Waals surface area contributed by atoms with Gasteiger partial charge in [0.2, 0.25) is 5.91 Å². The van der Waals surface area contributed by atoms with Crippen molar-refractivity contribution in [3.8, 4) is 0 Å². The van der Waals surface area contributed by atoms with E-state index < -0.39 is 0 Å². The van der Waals surface area contributed by atoms with Gasteiger partial charge in [-0.3, -0.25) is 4.79 Å². The number of benzene rings is 2.